The number of anilines is 1. The van der Waals surface area contributed by atoms with Gasteiger partial charge in [-0.3, -0.25) is 4.31 Å². The lowest BCUT2D eigenvalue weighted by molar-refractivity contribution is 0.285. The van der Waals surface area contributed by atoms with Crippen molar-refractivity contribution in [2.24, 2.45) is 0 Å². The highest BCUT2D eigenvalue weighted by Gasteiger charge is 2.31. The molecule has 0 fully saturated rings. The van der Waals surface area contributed by atoms with E-state index in [1.807, 2.05) is 24.3 Å². The van der Waals surface area contributed by atoms with Crippen LogP contribution in [-0.2, 0) is 23.1 Å². The van der Waals surface area contributed by atoms with Gasteiger partial charge in [0.05, 0.1) is 12.3 Å². The number of aliphatic hydroxyl groups excluding tert-OH is 1. The molecule has 4 nitrogen and oxygen atoms in total. The molecule has 0 atom stereocenters. The van der Waals surface area contributed by atoms with Gasteiger partial charge in [0.15, 0.2) is 0 Å². The first kappa shape index (κ1) is 12.7. The van der Waals surface area contributed by atoms with Crippen LogP contribution in [-0.4, -0.2) is 20.1 Å². The lowest BCUT2D eigenvalue weighted by atomic mass is 10.2. The summed E-state index contributed by atoms with van der Waals surface area (Å²) in [5.74, 6) is 0. The van der Waals surface area contributed by atoms with Crippen LogP contribution in [0.15, 0.2) is 40.6 Å². The molecule has 0 saturated heterocycles. The number of sulfonamides is 1. The van der Waals surface area contributed by atoms with Crippen molar-refractivity contribution in [1.82, 2.24) is 0 Å². The average Bonchev–Trinajstić information content (AvgIpc) is 3.06. The van der Waals surface area contributed by atoms with Gasteiger partial charge in [0.2, 0.25) is 0 Å². The van der Waals surface area contributed by atoms with Gasteiger partial charge in [-0.2, -0.15) is 0 Å². The minimum absolute atomic E-state index is 0.128. The van der Waals surface area contributed by atoms with Crippen LogP contribution in [0.1, 0.15) is 10.4 Å². The lowest BCUT2D eigenvalue weighted by Gasteiger charge is -2.18. The summed E-state index contributed by atoms with van der Waals surface area (Å²) in [6, 6.07) is 10.8. The fraction of sp³-hybridized carbons (Fsp3) is 0.231. The van der Waals surface area contributed by atoms with E-state index < -0.39 is 10.0 Å². The molecule has 1 N–H and O–H groups in total. The van der Waals surface area contributed by atoms with Gasteiger partial charge >= 0.3 is 0 Å². The van der Waals surface area contributed by atoms with Crippen molar-refractivity contribution in [3.63, 3.8) is 0 Å². The van der Waals surface area contributed by atoms with Crippen molar-refractivity contribution in [1.29, 1.82) is 0 Å². The molecule has 0 amide bonds. The number of thiophene rings is 1. The van der Waals surface area contributed by atoms with Crippen LogP contribution in [0.2, 0.25) is 0 Å². The molecular formula is C13H13NO3S2. The lowest BCUT2D eigenvalue weighted by Crippen LogP contribution is -2.28. The summed E-state index contributed by atoms with van der Waals surface area (Å²) < 4.78 is 26.9. The summed E-state index contributed by atoms with van der Waals surface area (Å²) in [6.45, 7) is 0.352. The minimum atomic E-state index is -3.50. The fourth-order valence-corrected chi connectivity index (χ4v) is 5.08. The molecule has 0 unspecified atom stereocenters. The van der Waals surface area contributed by atoms with Gasteiger partial charge in [-0.05, 0) is 30.2 Å². The molecule has 100 valence electrons. The van der Waals surface area contributed by atoms with Crippen LogP contribution in [0.5, 0.6) is 0 Å². The zero-order valence-corrected chi connectivity index (χ0v) is 11.7. The van der Waals surface area contributed by atoms with Gasteiger partial charge in [-0.1, -0.05) is 18.2 Å². The Morgan fingerprint density at radius 3 is 2.74 bits per heavy atom. The van der Waals surface area contributed by atoms with Crippen molar-refractivity contribution >= 4 is 27.0 Å². The molecule has 1 aromatic carbocycles. The topological polar surface area (TPSA) is 57.6 Å². The maximum absolute atomic E-state index is 12.6. The predicted molar refractivity (Wildman–Crippen MR) is 74.9 cm³/mol. The molecule has 19 heavy (non-hydrogen) atoms. The molecule has 0 radical (unpaired) electrons. The van der Waals surface area contributed by atoms with E-state index in [0.29, 0.717) is 11.4 Å². The number of hydrogen-bond donors (Lipinski definition) is 1. The third-order valence-electron chi connectivity index (χ3n) is 3.18. The quantitative estimate of drug-likeness (QED) is 0.942. The van der Waals surface area contributed by atoms with Crippen LogP contribution in [0.3, 0.4) is 0 Å². The van der Waals surface area contributed by atoms with Crippen LogP contribution in [0.4, 0.5) is 5.69 Å². The van der Waals surface area contributed by atoms with Crippen LogP contribution in [0.25, 0.3) is 0 Å². The van der Waals surface area contributed by atoms with E-state index in [2.05, 4.69) is 0 Å². The third-order valence-corrected chi connectivity index (χ3v) is 6.53. The Morgan fingerprint density at radius 1 is 1.21 bits per heavy atom. The Morgan fingerprint density at radius 2 is 2.00 bits per heavy atom. The normalized spacial score (nSPS) is 14.7. The molecule has 3 rings (SSSR count). The summed E-state index contributed by atoms with van der Waals surface area (Å²) in [5.41, 5.74) is 1.83. The molecular weight excluding hydrogens is 282 g/mol. The van der Waals surface area contributed by atoms with E-state index in [0.717, 1.165) is 29.0 Å². The second-order valence-electron chi connectivity index (χ2n) is 4.33. The van der Waals surface area contributed by atoms with Crippen LogP contribution in [0, 0.1) is 0 Å². The predicted octanol–water partition coefficient (Wildman–Crippen LogP) is 1.99. The first-order valence-electron chi connectivity index (χ1n) is 5.93. The summed E-state index contributed by atoms with van der Waals surface area (Å²) >= 11 is 1.12. The van der Waals surface area contributed by atoms with Gasteiger partial charge in [-0.25, -0.2) is 8.42 Å². The number of benzene rings is 1. The van der Waals surface area contributed by atoms with Gasteiger partial charge < -0.3 is 5.11 Å². The van der Waals surface area contributed by atoms with E-state index in [9.17, 15) is 8.42 Å². The Bertz CT molecular complexity index is 706. The summed E-state index contributed by atoms with van der Waals surface area (Å²) in [4.78, 5) is 0.658. The highest BCUT2D eigenvalue weighted by atomic mass is 32.2. The van der Waals surface area contributed by atoms with Crippen molar-refractivity contribution < 1.29 is 13.5 Å². The highest BCUT2D eigenvalue weighted by Crippen LogP contribution is 2.34. The van der Waals surface area contributed by atoms with E-state index >= 15 is 0 Å². The summed E-state index contributed by atoms with van der Waals surface area (Å²) in [7, 11) is -3.50. The Labute approximate surface area is 116 Å². The zero-order valence-electron chi connectivity index (χ0n) is 10.1. The molecule has 0 spiro atoms. The van der Waals surface area contributed by atoms with Crippen molar-refractivity contribution in [3.05, 3.63) is 46.8 Å². The monoisotopic (exact) mass is 295 g/mol. The molecule has 0 aliphatic carbocycles. The van der Waals surface area contributed by atoms with Gasteiger partial charge in [0.1, 0.15) is 4.21 Å². The van der Waals surface area contributed by atoms with Crippen LogP contribution >= 0.6 is 11.3 Å². The minimum Gasteiger partial charge on any atom is -0.391 e. The summed E-state index contributed by atoms with van der Waals surface area (Å²) in [5, 5.41) is 9.04. The first-order valence-corrected chi connectivity index (χ1v) is 8.19. The Balaban J connectivity index is 2.03. The third kappa shape index (κ3) is 2.05. The van der Waals surface area contributed by atoms with E-state index in [4.69, 9.17) is 5.11 Å². The molecule has 1 aliphatic heterocycles. The number of nitrogens with zero attached hydrogens (tertiary/aromatic N) is 1. The number of fused-ring (bicyclic) bond motifs is 1. The number of hydrogen-bond acceptors (Lipinski definition) is 4. The Hall–Kier alpha value is -1.37. The molecule has 0 bridgehead atoms. The standard InChI is InChI=1S/C13H13NO3S2/c15-9-11-5-6-13(18-11)19(16,17)14-8-7-10-3-1-2-4-12(10)14/h1-6,15H,7-9H2. The molecule has 0 saturated carbocycles. The summed E-state index contributed by atoms with van der Waals surface area (Å²) in [6.07, 6.45) is 0.744. The zero-order chi connectivity index (χ0) is 13.5. The maximum Gasteiger partial charge on any atom is 0.273 e. The van der Waals surface area contributed by atoms with E-state index in [-0.39, 0.29) is 10.8 Å². The molecule has 1 aliphatic rings. The molecule has 1 aromatic heterocycles. The number of para-hydroxylation sites is 1. The smallest absolute Gasteiger partial charge is 0.273 e. The SMILES string of the molecule is O=S(=O)(c1ccc(CO)s1)N1CCc2ccccc21. The molecule has 2 aromatic rings. The first-order chi connectivity index (χ1) is 9.13. The van der Waals surface area contributed by atoms with Gasteiger partial charge in [-0.15, -0.1) is 11.3 Å². The van der Waals surface area contributed by atoms with Crippen molar-refractivity contribution in [2.45, 2.75) is 17.2 Å². The largest absolute Gasteiger partial charge is 0.391 e. The van der Waals surface area contributed by atoms with E-state index in [1.54, 1.807) is 12.1 Å². The Kier molecular flexibility index (Phi) is 3.08. The van der Waals surface area contributed by atoms with Gasteiger partial charge in [0, 0.05) is 11.4 Å². The number of rotatable bonds is 3. The van der Waals surface area contributed by atoms with Crippen molar-refractivity contribution in [2.75, 3.05) is 10.8 Å². The second kappa shape index (κ2) is 4.63. The second-order valence-corrected chi connectivity index (χ2v) is 7.59. The average molecular weight is 295 g/mol. The van der Waals surface area contributed by atoms with Crippen molar-refractivity contribution in [3.8, 4) is 0 Å². The fourth-order valence-electron chi connectivity index (χ4n) is 2.25. The number of aliphatic hydroxyl groups is 1. The van der Waals surface area contributed by atoms with E-state index in [1.165, 1.54) is 4.31 Å². The van der Waals surface area contributed by atoms with Crippen LogP contribution < -0.4 is 4.31 Å². The highest BCUT2D eigenvalue weighted by molar-refractivity contribution is 7.94. The van der Waals surface area contributed by atoms with Gasteiger partial charge in [0.25, 0.3) is 10.0 Å². The maximum atomic E-state index is 12.6. The molecule has 2 heterocycles. The molecule has 6 heteroatoms.